The number of aromatic nitrogens is 2. The summed E-state index contributed by atoms with van der Waals surface area (Å²) in [6.07, 6.45) is 0.859. The second-order valence-corrected chi connectivity index (χ2v) is 9.15. The Bertz CT molecular complexity index is 1040. The molecule has 2 heterocycles. The molecule has 3 aromatic rings. The van der Waals surface area contributed by atoms with Crippen LogP contribution in [0.5, 0.6) is 0 Å². The van der Waals surface area contributed by atoms with Gasteiger partial charge in [-0.25, -0.2) is 4.98 Å². The highest BCUT2D eigenvalue weighted by Crippen LogP contribution is 2.31. The monoisotopic (exact) mass is 414 g/mol. The molecule has 6 heteroatoms. The zero-order valence-electron chi connectivity index (χ0n) is 15.2. The van der Waals surface area contributed by atoms with E-state index in [2.05, 4.69) is 32.0 Å². The van der Waals surface area contributed by atoms with Crippen molar-refractivity contribution in [2.75, 3.05) is 5.75 Å². The lowest BCUT2D eigenvalue weighted by Crippen LogP contribution is -2.24. The molecular weight excluding hydrogens is 396 g/mol. The van der Waals surface area contributed by atoms with Gasteiger partial charge in [-0.3, -0.25) is 9.36 Å². The maximum atomic E-state index is 13.2. The van der Waals surface area contributed by atoms with Crippen LogP contribution in [0.3, 0.4) is 0 Å². The summed E-state index contributed by atoms with van der Waals surface area (Å²) >= 11 is 9.19. The fourth-order valence-electron chi connectivity index (χ4n) is 3.23. The molecule has 0 radical (unpaired) electrons. The third-order valence-corrected chi connectivity index (χ3v) is 6.78. The van der Waals surface area contributed by atoms with E-state index in [0.29, 0.717) is 0 Å². The Morgan fingerprint density at radius 3 is 2.56 bits per heavy atom. The Balaban J connectivity index is 1.78. The van der Waals surface area contributed by atoms with Crippen LogP contribution in [-0.2, 0) is 12.2 Å². The molecular formula is C21H19ClN2OS2. The maximum absolute atomic E-state index is 13.2. The minimum atomic E-state index is 0.0473. The molecule has 4 rings (SSSR count). The van der Waals surface area contributed by atoms with E-state index in [4.69, 9.17) is 16.6 Å². The van der Waals surface area contributed by atoms with Crippen LogP contribution in [0.4, 0.5) is 0 Å². The van der Waals surface area contributed by atoms with Crippen LogP contribution >= 0.6 is 35.1 Å². The fourth-order valence-corrected chi connectivity index (χ4v) is 5.36. The lowest BCUT2D eigenvalue weighted by Gasteiger charge is -2.15. The van der Waals surface area contributed by atoms with Gasteiger partial charge in [-0.1, -0.05) is 41.6 Å². The Kier molecular flexibility index (Phi) is 5.35. The van der Waals surface area contributed by atoms with Crippen LogP contribution in [0.1, 0.15) is 22.4 Å². The standard InChI is InChI=1S/C21H19ClN2OS2/c1-13-9-14(2)11-17(10-13)24-20(25)19-18(7-8-26-19)23-21(24)27-12-15-3-5-16(22)6-4-15/h3-6,9-11H,7-8,12H2,1-2H3. The van der Waals surface area contributed by atoms with E-state index in [1.807, 2.05) is 24.3 Å². The van der Waals surface area contributed by atoms with E-state index in [9.17, 15) is 4.79 Å². The van der Waals surface area contributed by atoms with E-state index >= 15 is 0 Å². The molecule has 1 aliphatic rings. The molecule has 1 aromatic heterocycles. The van der Waals surface area contributed by atoms with Crippen molar-refractivity contribution < 1.29 is 0 Å². The van der Waals surface area contributed by atoms with E-state index in [0.717, 1.165) is 61.1 Å². The van der Waals surface area contributed by atoms with Gasteiger partial charge in [-0.2, -0.15) is 0 Å². The summed E-state index contributed by atoms with van der Waals surface area (Å²) < 4.78 is 1.78. The van der Waals surface area contributed by atoms with Gasteiger partial charge in [0.1, 0.15) is 0 Å². The van der Waals surface area contributed by atoms with Crippen LogP contribution in [0.15, 0.2) is 57.3 Å². The zero-order valence-corrected chi connectivity index (χ0v) is 17.5. The smallest absolute Gasteiger partial charge is 0.268 e. The van der Waals surface area contributed by atoms with E-state index in [1.165, 1.54) is 0 Å². The van der Waals surface area contributed by atoms with Crippen LogP contribution in [0.2, 0.25) is 5.02 Å². The summed E-state index contributed by atoms with van der Waals surface area (Å²) in [6, 6.07) is 14.0. The van der Waals surface area contributed by atoms with Gasteiger partial charge in [0.15, 0.2) is 5.16 Å². The molecule has 0 unspecified atom stereocenters. The number of nitrogens with zero attached hydrogens (tertiary/aromatic N) is 2. The lowest BCUT2D eigenvalue weighted by atomic mass is 10.1. The number of hydrogen-bond donors (Lipinski definition) is 0. The second-order valence-electron chi connectivity index (χ2n) is 6.67. The molecule has 0 saturated carbocycles. The normalized spacial score (nSPS) is 13.0. The van der Waals surface area contributed by atoms with Gasteiger partial charge in [-0.15, -0.1) is 11.8 Å². The Morgan fingerprint density at radius 1 is 1.15 bits per heavy atom. The molecule has 2 aromatic carbocycles. The van der Waals surface area contributed by atoms with E-state index < -0.39 is 0 Å². The van der Waals surface area contributed by atoms with Gasteiger partial charge in [-0.05, 0) is 54.8 Å². The largest absolute Gasteiger partial charge is 0.272 e. The molecule has 138 valence electrons. The number of aryl methyl sites for hydroxylation is 3. The van der Waals surface area contributed by atoms with Crippen LogP contribution in [0.25, 0.3) is 5.69 Å². The molecule has 1 aliphatic heterocycles. The summed E-state index contributed by atoms with van der Waals surface area (Å²) in [7, 11) is 0. The fraction of sp³-hybridized carbons (Fsp3) is 0.238. The molecule has 0 bridgehead atoms. The summed E-state index contributed by atoms with van der Waals surface area (Å²) in [5.74, 6) is 1.66. The van der Waals surface area contributed by atoms with Crippen LogP contribution in [-0.4, -0.2) is 15.3 Å². The number of halogens is 1. The first kappa shape index (κ1) is 18.7. The van der Waals surface area contributed by atoms with Gasteiger partial charge < -0.3 is 0 Å². The van der Waals surface area contributed by atoms with Crippen molar-refractivity contribution in [3.63, 3.8) is 0 Å². The van der Waals surface area contributed by atoms with Crippen molar-refractivity contribution in [1.29, 1.82) is 0 Å². The number of benzene rings is 2. The predicted octanol–water partition coefficient (Wildman–Crippen LogP) is 5.44. The number of thioether (sulfide) groups is 2. The highest BCUT2D eigenvalue weighted by atomic mass is 35.5. The van der Waals surface area contributed by atoms with E-state index in [-0.39, 0.29) is 5.56 Å². The molecule has 0 N–H and O–H groups in total. The highest BCUT2D eigenvalue weighted by Gasteiger charge is 2.22. The first-order valence-corrected chi connectivity index (χ1v) is 11.1. The van der Waals surface area contributed by atoms with Crippen molar-refractivity contribution in [2.24, 2.45) is 0 Å². The Morgan fingerprint density at radius 2 is 1.85 bits per heavy atom. The van der Waals surface area contributed by atoms with Crippen molar-refractivity contribution in [1.82, 2.24) is 9.55 Å². The molecule has 0 atom stereocenters. The first-order valence-electron chi connectivity index (χ1n) is 8.76. The Hall–Kier alpha value is -1.69. The summed E-state index contributed by atoms with van der Waals surface area (Å²) in [5, 5.41) is 1.48. The predicted molar refractivity (Wildman–Crippen MR) is 115 cm³/mol. The maximum Gasteiger partial charge on any atom is 0.272 e. The van der Waals surface area contributed by atoms with E-state index in [1.54, 1.807) is 28.1 Å². The number of fused-ring (bicyclic) bond motifs is 1. The molecule has 27 heavy (non-hydrogen) atoms. The zero-order chi connectivity index (χ0) is 19.0. The third-order valence-electron chi connectivity index (χ3n) is 4.41. The summed E-state index contributed by atoms with van der Waals surface area (Å²) in [5.41, 5.74) is 5.30. The van der Waals surface area contributed by atoms with Gasteiger partial charge >= 0.3 is 0 Å². The number of hydrogen-bond acceptors (Lipinski definition) is 4. The van der Waals surface area contributed by atoms with Crippen molar-refractivity contribution >= 4 is 35.1 Å². The third kappa shape index (κ3) is 3.96. The lowest BCUT2D eigenvalue weighted by molar-refractivity contribution is 0.738. The molecule has 3 nitrogen and oxygen atoms in total. The minimum Gasteiger partial charge on any atom is -0.268 e. The van der Waals surface area contributed by atoms with Crippen molar-refractivity contribution in [3.8, 4) is 5.69 Å². The average Bonchev–Trinajstić information content (AvgIpc) is 3.09. The summed E-state index contributed by atoms with van der Waals surface area (Å²) in [4.78, 5) is 18.9. The highest BCUT2D eigenvalue weighted by molar-refractivity contribution is 7.99. The average molecular weight is 415 g/mol. The first-order chi connectivity index (χ1) is 13.0. The molecule has 0 spiro atoms. The van der Waals surface area contributed by atoms with Gasteiger partial charge in [0.25, 0.3) is 5.56 Å². The quantitative estimate of drug-likeness (QED) is 0.420. The van der Waals surface area contributed by atoms with Gasteiger partial charge in [0.2, 0.25) is 0 Å². The molecule has 0 amide bonds. The van der Waals surface area contributed by atoms with Crippen molar-refractivity contribution in [2.45, 2.75) is 36.1 Å². The molecule has 0 aliphatic carbocycles. The molecule has 0 saturated heterocycles. The van der Waals surface area contributed by atoms with Crippen LogP contribution < -0.4 is 5.56 Å². The van der Waals surface area contributed by atoms with Gasteiger partial charge in [0.05, 0.1) is 16.3 Å². The Labute approximate surface area is 172 Å². The molecule has 0 fully saturated rings. The minimum absolute atomic E-state index is 0.0473. The number of rotatable bonds is 4. The summed E-state index contributed by atoms with van der Waals surface area (Å²) in [6.45, 7) is 4.11. The van der Waals surface area contributed by atoms with Gasteiger partial charge in [0, 0.05) is 22.9 Å². The van der Waals surface area contributed by atoms with Crippen LogP contribution in [0, 0.1) is 13.8 Å². The SMILES string of the molecule is Cc1cc(C)cc(-n2c(SCc3ccc(Cl)cc3)nc3c(c2=O)SCC3)c1. The topological polar surface area (TPSA) is 34.9 Å². The van der Waals surface area contributed by atoms with Crippen molar-refractivity contribution in [3.05, 3.63) is 80.2 Å². The second kappa shape index (κ2) is 7.74.